The molecule has 0 spiro atoms. The van der Waals surface area contributed by atoms with E-state index in [4.69, 9.17) is 13.9 Å². The van der Waals surface area contributed by atoms with Gasteiger partial charge in [0.25, 0.3) is 5.91 Å². The predicted octanol–water partition coefficient (Wildman–Crippen LogP) is 4.16. The van der Waals surface area contributed by atoms with Crippen LogP contribution >= 0.6 is 0 Å². The van der Waals surface area contributed by atoms with E-state index in [0.717, 1.165) is 0 Å². The molecule has 28 heavy (non-hydrogen) atoms. The molecule has 4 aromatic rings. The molecular weight excluding hydrogens is 358 g/mol. The molecule has 7 nitrogen and oxygen atoms in total. The smallest absolute Gasteiger partial charge is 0.259 e. The Morgan fingerprint density at radius 2 is 1.86 bits per heavy atom. The van der Waals surface area contributed by atoms with Crippen LogP contribution in [0, 0.1) is 0 Å². The average Bonchev–Trinajstić information content (AvgIpc) is 3.18. The number of fused-ring (bicyclic) bond motifs is 1. The second-order valence-electron chi connectivity index (χ2n) is 5.93. The van der Waals surface area contributed by atoms with Gasteiger partial charge in [-0.05, 0) is 30.3 Å². The number of nitrogens with zero attached hydrogens (tertiary/aromatic N) is 2. The third-order valence-electron chi connectivity index (χ3n) is 4.24. The van der Waals surface area contributed by atoms with Crippen molar-refractivity contribution in [1.82, 2.24) is 9.97 Å². The molecule has 2 aromatic carbocycles. The number of amides is 1. The molecule has 1 amide bonds. The first-order valence-electron chi connectivity index (χ1n) is 8.53. The van der Waals surface area contributed by atoms with Gasteiger partial charge in [0.05, 0.1) is 31.7 Å². The number of hydrogen-bond donors (Lipinski definition) is 1. The third kappa shape index (κ3) is 3.25. The first-order valence-corrected chi connectivity index (χ1v) is 8.53. The number of nitrogens with one attached hydrogen (secondary N) is 1. The summed E-state index contributed by atoms with van der Waals surface area (Å²) in [5, 5.41) is 2.87. The number of rotatable bonds is 5. The number of anilines is 1. The van der Waals surface area contributed by atoms with Crippen LogP contribution in [0.3, 0.4) is 0 Å². The minimum Gasteiger partial charge on any atom is -0.496 e. The zero-order chi connectivity index (χ0) is 19.5. The highest BCUT2D eigenvalue weighted by Crippen LogP contribution is 2.32. The van der Waals surface area contributed by atoms with Gasteiger partial charge in [0.2, 0.25) is 5.89 Å². The Balaban J connectivity index is 1.70. The Hall–Kier alpha value is -3.87. The molecule has 0 atom stereocenters. The molecule has 0 aliphatic carbocycles. The summed E-state index contributed by atoms with van der Waals surface area (Å²) in [6, 6.07) is 14.1. The van der Waals surface area contributed by atoms with Crippen LogP contribution in [0.5, 0.6) is 11.5 Å². The van der Waals surface area contributed by atoms with Crippen molar-refractivity contribution in [3.63, 3.8) is 0 Å². The van der Waals surface area contributed by atoms with Crippen molar-refractivity contribution in [3.8, 4) is 23.0 Å². The minimum absolute atomic E-state index is 0.310. The van der Waals surface area contributed by atoms with Crippen LogP contribution in [0.15, 0.2) is 65.3 Å². The number of hydrogen-bond acceptors (Lipinski definition) is 6. The first kappa shape index (κ1) is 17.5. The van der Waals surface area contributed by atoms with Crippen molar-refractivity contribution in [2.24, 2.45) is 0 Å². The molecule has 2 aromatic heterocycles. The summed E-state index contributed by atoms with van der Waals surface area (Å²) in [6.07, 6.45) is 3.28. The number of aromatic nitrogens is 2. The van der Waals surface area contributed by atoms with E-state index in [1.807, 2.05) is 6.07 Å². The molecule has 1 N–H and O–H groups in total. The van der Waals surface area contributed by atoms with E-state index in [1.165, 1.54) is 7.11 Å². The number of carbonyl (C=O) groups is 1. The standard InChI is InChI=1S/C21H17N3O4/c1-26-17-6-4-3-5-14(17)20(25)23-15-11-13(7-8-18(15)27-2)21-24-16-12-22-10-9-19(16)28-21/h3-12H,1-2H3,(H,23,25). The molecule has 7 heteroatoms. The maximum Gasteiger partial charge on any atom is 0.259 e. The van der Waals surface area contributed by atoms with Crippen LogP contribution in [-0.2, 0) is 0 Å². The van der Waals surface area contributed by atoms with Gasteiger partial charge in [-0.3, -0.25) is 9.78 Å². The lowest BCUT2D eigenvalue weighted by atomic mass is 10.1. The Bertz CT molecular complexity index is 1120. The molecule has 0 aliphatic heterocycles. The number of para-hydroxylation sites is 1. The van der Waals surface area contributed by atoms with Crippen molar-refractivity contribution >= 4 is 22.7 Å². The minimum atomic E-state index is -0.310. The third-order valence-corrected chi connectivity index (χ3v) is 4.24. The highest BCUT2D eigenvalue weighted by Gasteiger charge is 2.16. The molecule has 4 rings (SSSR count). The first-order chi connectivity index (χ1) is 13.7. The van der Waals surface area contributed by atoms with Crippen molar-refractivity contribution in [2.75, 3.05) is 19.5 Å². The van der Waals surface area contributed by atoms with Gasteiger partial charge < -0.3 is 19.2 Å². The van der Waals surface area contributed by atoms with Gasteiger partial charge in [-0.2, -0.15) is 0 Å². The SMILES string of the molecule is COc1ccc(-c2nc3cnccc3o2)cc1NC(=O)c1ccccc1OC. The van der Waals surface area contributed by atoms with Crippen molar-refractivity contribution in [1.29, 1.82) is 0 Å². The number of methoxy groups -OCH3 is 2. The van der Waals surface area contributed by atoms with Crippen LogP contribution in [-0.4, -0.2) is 30.1 Å². The molecule has 2 heterocycles. The normalized spacial score (nSPS) is 10.6. The molecule has 0 saturated heterocycles. The summed E-state index contributed by atoms with van der Waals surface area (Å²) in [5.41, 5.74) is 2.92. The molecule has 0 unspecified atom stereocenters. The van der Waals surface area contributed by atoms with Crippen LogP contribution in [0.4, 0.5) is 5.69 Å². The number of oxazole rings is 1. The topological polar surface area (TPSA) is 86.5 Å². The maximum atomic E-state index is 12.8. The Morgan fingerprint density at radius 1 is 1.04 bits per heavy atom. The lowest BCUT2D eigenvalue weighted by Crippen LogP contribution is -2.13. The van der Waals surface area contributed by atoms with E-state index in [0.29, 0.717) is 45.3 Å². The van der Waals surface area contributed by atoms with Crippen molar-refractivity contribution in [2.45, 2.75) is 0 Å². The Kier molecular flexibility index (Phi) is 4.63. The van der Waals surface area contributed by atoms with Gasteiger partial charge in [-0.1, -0.05) is 12.1 Å². The van der Waals surface area contributed by atoms with Gasteiger partial charge in [0.15, 0.2) is 5.58 Å². The quantitative estimate of drug-likeness (QED) is 0.564. The summed E-state index contributed by atoms with van der Waals surface area (Å²) in [4.78, 5) is 21.2. The fourth-order valence-corrected chi connectivity index (χ4v) is 2.86. The monoisotopic (exact) mass is 375 g/mol. The van der Waals surface area contributed by atoms with Gasteiger partial charge in [-0.25, -0.2) is 4.98 Å². The number of benzene rings is 2. The predicted molar refractivity (Wildman–Crippen MR) is 105 cm³/mol. The van der Waals surface area contributed by atoms with Gasteiger partial charge >= 0.3 is 0 Å². The summed E-state index contributed by atoms with van der Waals surface area (Å²) in [5.74, 6) is 1.12. The largest absolute Gasteiger partial charge is 0.496 e. The Labute approximate surface area is 160 Å². The van der Waals surface area contributed by atoms with Gasteiger partial charge in [0, 0.05) is 17.8 Å². The molecule has 0 fully saturated rings. The highest BCUT2D eigenvalue weighted by atomic mass is 16.5. The fourth-order valence-electron chi connectivity index (χ4n) is 2.86. The summed E-state index contributed by atoms with van der Waals surface area (Å²) >= 11 is 0. The number of pyridine rings is 1. The lowest BCUT2D eigenvalue weighted by Gasteiger charge is -2.13. The van der Waals surface area contributed by atoms with Crippen LogP contribution < -0.4 is 14.8 Å². The van der Waals surface area contributed by atoms with Gasteiger partial charge in [0.1, 0.15) is 17.0 Å². The van der Waals surface area contributed by atoms with Crippen molar-refractivity contribution < 1.29 is 18.7 Å². The van der Waals surface area contributed by atoms with E-state index >= 15 is 0 Å². The molecule has 140 valence electrons. The van der Waals surface area contributed by atoms with Gasteiger partial charge in [-0.15, -0.1) is 0 Å². The zero-order valence-electron chi connectivity index (χ0n) is 15.3. The van der Waals surface area contributed by atoms with Crippen molar-refractivity contribution in [3.05, 3.63) is 66.5 Å². The molecule has 0 radical (unpaired) electrons. The maximum absolute atomic E-state index is 12.8. The highest BCUT2D eigenvalue weighted by molar-refractivity contribution is 6.07. The van der Waals surface area contributed by atoms with Crippen LogP contribution in [0.1, 0.15) is 10.4 Å². The Morgan fingerprint density at radius 3 is 2.64 bits per heavy atom. The molecule has 0 saturated carbocycles. The zero-order valence-corrected chi connectivity index (χ0v) is 15.3. The summed E-state index contributed by atoms with van der Waals surface area (Å²) in [6.45, 7) is 0. The summed E-state index contributed by atoms with van der Waals surface area (Å²) < 4.78 is 16.4. The summed E-state index contributed by atoms with van der Waals surface area (Å²) in [7, 11) is 3.06. The fraction of sp³-hybridized carbons (Fsp3) is 0.0952. The van der Waals surface area contributed by atoms with Crippen LogP contribution in [0.25, 0.3) is 22.6 Å². The molecule has 0 aliphatic rings. The van der Waals surface area contributed by atoms with Crippen LogP contribution in [0.2, 0.25) is 0 Å². The average molecular weight is 375 g/mol. The van der Waals surface area contributed by atoms with E-state index < -0.39 is 0 Å². The van der Waals surface area contributed by atoms with E-state index in [-0.39, 0.29) is 5.91 Å². The molecule has 0 bridgehead atoms. The van der Waals surface area contributed by atoms with E-state index in [2.05, 4.69) is 15.3 Å². The van der Waals surface area contributed by atoms with E-state index in [1.54, 1.807) is 62.0 Å². The molecular formula is C21H17N3O4. The number of ether oxygens (including phenoxy) is 2. The van der Waals surface area contributed by atoms with E-state index in [9.17, 15) is 4.79 Å². The second kappa shape index (κ2) is 7.40. The second-order valence-corrected chi connectivity index (χ2v) is 5.93. The lowest BCUT2D eigenvalue weighted by molar-refractivity contribution is 0.102. The number of carbonyl (C=O) groups excluding carboxylic acids is 1.